The number of hydrogen-bond donors (Lipinski definition) is 1. The van der Waals surface area contributed by atoms with Gasteiger partial charge in [0.05, 0.1) is 7.11 Å². The van der Waals surface area contributed by atoms with Crippen LogP contribution in [0.5, 0.6) is 5.75 Å². The van der Waals surface area contributed by atoms with Gasteiger partial charge in [0.2, 0.25) is 0 Å². The van der Waals surface area contributed by atoms with Crippen molar-refractivity contribution < 1.29 is 9.53 Å². The second-order valence-electron chi connectivity index (χ2n) is 5.84. The van der Waals surface area contributed by atoms with Gasteiger partial charge in [-0.3, -0.25) is 9.59 Å². The molecule has 0 fully saturated rings. The lowest BCUT2D eigenvalue weighted by Crippen LogP contribution is -2.21. The van der Waals surface area contributed by atoms with E-state index in [1.807, 2.05) is 6.07 Å². The molecule has 3 rings (SSSR count). The smallest absolute Gasteiger partial charge is 0.274 e. The van der Waals surface area contributed by atoms with Gasteiger partial charge < -0.3 is 19.2 Å². The normalized spacial score (nSPS) is 10.8. The van der Waals surface area contributed by atoms with Crippen LogP contribution in [-0.2, 0) is 7.05 Å². The Morgan fingerprint density at radius 2 is 1.96 bits per heavy atom. The zero-order valence-electron chi connectivity index (χ0n) is 14.1. The Hall–Kier alpha value is -3.02. The van der Waals surface area contributed by atoms with Crippen LogP contribution in [0.15, 0.2) is 41.5 Å². The van der Waals surface area contributed by atoms with Crippen LogP contribution >= 0.6 is 0 Å². The number of carbonyl (C=O) groups excluding carboxylic acids is 1. The van der Waals surface area contributed by atoms with Crippen molar-refractivity contribution >= 4 is 16.8 Å². The van der Waals surface area contributed by atoms with Crippen LogP contribution in [0.25, 0.3) is 22.0 Å². The van der Waals surface area contributed by atoms with Crippen LogP contribution in [0.3, 0.4) is 0 Å². The quantitative estimate of drug-likeness (QED) is 0.803. The number of rotatable bonds is 3. The van der Waals surface area contributed by atoms with E-state index in [0.29, 0.717) is 16.8 Å². The molecule has 6 heteroatoms. The van der Waals surface area contributed by atoms with Gasteiger partial charge in [-0.1, -0.05) is 0 Å². The number of pyridine rings is 1. The summed E-state index contributed by atoms with van der Waals surface area (Å²) >= 11 is 0. The lowest BCUT2D eigenvalue weighted by molar-refractivity contribution is 0.0827. The molecule has 2 heterocycles. The van der Waals surface area contributed by atoms with Gasteiger partial charge in [-0.15, -0.1) is 0 Å². The predicted octanol–water partition coefficient (Wildman–Crippen LogP) is 2.24. The van der Waals surface area contributed by atoms with Crippen molar-refractivity contribution in [1.82, 2.24) is 14.5 Å². The number of nitrogens with one attached hydrogen (secondary N) is 1. The van der Waals surface area contributed by atoms with E-state index in [2.05, 4.69) is 4.98 Å². The molecule has 0 aliphatic carbocycles. The Morgan fingerprint density at radius 1 is 1.21 bits per heavy atom. The van der Waals surface area contributed by atoms with Crippen molar-refractivity contribution in [2.45, 2.75) is 0 Å². The summed E-state index contributed by atoms with van der Waals surface area (Å²) in [6, 6.07) is 7.16. The van der Waals surface area contributed by atoms with E-state index < -0.39 is 0 Å². The summed E-state index contributed by atoms with van der Waals surface area (Å²) in [5.74, 6) is 0.556. The number of hydrogen-bond acceptors (Lipinski definition) is 3. The largest absolute Gasteiger partial charge is 0.496 e. The molecule has 124 valence electrons. The molecule has 1 N–H and O–H groups in total. The van der Waals surface area contributed by atoms with E-state index in [-0.39, 0.29) is 11.5 Å². The minimum absolute atomic E-state index is 0.0889. The third-order valence-corrected chi connectivity index (χ3v) is 4.04. The lowest BCUT2D eigenvalue weighted by Gasteiger charge is -2.15. The number of benzene rings is 1. The summed E-state index contributed by atoms with van der Waals surface area (Å²) in [6.45, 7) is 0. The summed E-state index contributed by atoms with van der Waals surface area (Å²) in [4.78, 5) is 29.0. The van der Waals surface area contributed by atoms with Crippen LogP contribution < -0.4 is 10.3 Å². The first-order chi connectivity index (χ1) is 11.4. The van der Waals surface area contributed by atoms with Crippen molar-refractivity contribution in [3.05, 3.63) is 52.6 Å². The molecule has 0 atom stereocenters. The van der Waals surface area contributed by atoms with Crippen LogP contribution in [-0.4, -0.2) is 41.6 Å². The van der Waals surface area contributed by atoms with Crippen molar-refractivity contribution in [2.24, 2.45) is 7.05 Å². The van der Waals surface area contributed by atoms with Gasteiger partial charge in [-0.25, -0.2) is 0 Å². The molecule has 6 nitrogen and oxygen atoms in total. The molecule has 0 aliphatic rings. The second kappa shape index (κ2) is 5.88. The fourth-order valence-electron chi connectivity index (χ4n) is 2.79. The number of fused-ring (bicyclic) bond motifs is 1. The number of aryl methyl sites for hydroxylation is 1. The molecule has 0 bridgehead atoms. The first-order valence-electron chi connectivity index (χ1n) is 7.51. The molecule has 24 heavy (non-hydrogen) atoms. The molecule has 3 aromatic rings. The van der Waals surface area contributed by atoms with Crippen LogP contribution in [0.1, 0.15) is 10.4 Å². The Bertz CT molecular complexity index is 983. The van der Waals surface area contributed by atoms with E-state index in [0.717, 1.165) is 16.5 Å². The standard InChI is InChI=1S/C18H19N3O3/c1-20(2)17(22)11-5-6-15(24-4)13(9-11)14-10-21(3)18(23)16-12(14)7-8-19-16/h5-10,19H,1-4H3. The number of methoxy groups -OCH3 is 1. The molecule has 2 aromatic heterocycles. The number of nitrogens with zero attached hydrogens (tertiary/aromatic N) is 2. The molecule has 0 unspecified atom stereocenters. The number of amides is 1. The number of aromatic amines is 1. The SMILES string of the molecule is COc1ccc(C(=O)N(C)C)cc1-c1cn(C)c(=O)c2[nH]ccc12. The first-order valence-corrected chi connectivity index (χ1v) is 7.51. The highest BCUT2D eigenvalue weighted by Gasteiger charge is 2.17. The topological polar surface area (TPSA) is 67.3 Å². The van der Waals surface area contributed by atoms with Gasteiger partial charge in [0.25, 0.3) is 11.5 Å². The summed E-state index contributed by atoms with van der Waals surface area (Å²) in [7, 11) is 6.71. The highest BCUT2D eigenvalue weighted by Crippen LogP contribution is 2.34. The van der Waals surface area contributed by atoms with Gasteiger partial charge >= 0.3 is 0 Å². The summed E-state index contributed by atoms with van der Waals surface area (Å²) in [6.07, 6.45) is 3.50. The Balaban J connectivity index is 2.31. The molecule has 0 saturated heterocycles. The predicted molar refractivity (Wildman–Crippen MR) is 93.5 cm³/mol. The molecule has 0 spiro atoms. The number of H-pyrrole nitrogens is 1. The van der Waals surface area contributed by atoms with E-state index in [1.54, 1.807) is 58.8 Å². The maximum atomic E-state index is 12.3. The second-order valence-corrected chi connectivity index (χ2v) is 5.84. The number of ether oxygens (including phenoxy) is 1. The third-order valence-electron chi connectivity index (χ3n) is 4.04. The van der Waals surface area contributed by atoms with E-state index >= 15 is 0 Å². The summed E-state index contributed by atoms with van der Waals surface area (Å²) < 4.78 is 6.99. The van der Waals surface area contributed by atoms with Crippen molar-refractivity contribution in [1.29, 1.82) is 0 Å². The Labute approximate surface area is 139 Å². The lowest BCUT2D eigenvalue weighted by atomic mass is 10.00. The minimum atomic E-state index is -0.0989. The third kappa shape index (κ3) is 2.46. The fourth-order valence-corrected chi connectivity index (χ4v) is 2.79. The van der Waals surface area contributed by atoms with Gasteiger partial charge in [0.15, 0.2) is 0 Å². The van der Waals surface area contributed by atoms with Gasteiger partial charge in [0.1, 0.15) is 11.3 Å². The fraction of sp³-hybridized carbons (Fsp3) is 0.222. The summed E-state index contributed by atoms with van der Waals surface area (Å²) in [5.41, 5.74) is 2.59. The van der Waals surface area contributed by atoms with E-state index in [1.165, 1.54) is 9.47 Å². The van der Waals surface area contributed by atoms with Crippen molar-refractivity contribution in [3.63, 3.8) is 0 Å². The zero-order valence-corrected chi connectivity index (χ0v) is 14.1. The van der Waals surface area contributed by atoms with E-state index in [9.17, 15) is 9.59 Å². The first kappa shape index (κ1) is 15.9. The average molecular weight is 325 g/mol. The minimum Gasteiger partial charge on any atom is -0.496 e. The Kier molecular flexibility index (Phi) is 3.89. The Morgan fingerprint density at radius 3 is 2.62 bits per heavy atom. The average Bonchev–Trinajstić information content (AvgIpc) is 3.06. The zero-order chi connectivity index (χ0) is 17.4. The molecular weight excluding hydrogens is 306 g/mol. The maximum absolute atomic E-state index is 12.3. The number of aromatic nitrogens is 2. The van der Waals surface area contributed by atoms with Crippen LogP contribution in [0.2, 0.25) is 0 Å². The van der Waals surface area contributed by atoms with Gasteiger partial charge in [0, 0.05) is 55.6 Å². The monoisotopic (exact) mass is 325 g/mol. The molecule has 0 aliphatic heterocycles. The molecule has 0 radical (unpaired) electrons. The molecule has 1 amide bonds. The summed E-state index contributed by atoms with van der Waals surface area (Å²) in [5, 5.41) is 0.797. The van der Waals surface area contributed by atoms with Crippen molar-refractivity contribution in [2.75, 3.05) is 21.2 Å². The molecule has 1 aromatic carbocycles. The van der Waals surface area contributed by atoms with Gasteiger partial charge in [-0.05, 0) is 24.3 Å². The highest BCUT2D eigenvalue weighted by atomic mass is 16.5. The number of carbonyl (C=O) groups is 1. The molecule has 0 saturated carbocycles. The van der Waals surface area contributed by atoms with Crippen LogP contribution in [0.4, 0.5) is 0 Å². The highest BCUT2D eigenvalue weighted by molar-refractivity contribution is 5.99. The van der Waals surface area contributed by atoms with Crippen LogP contribution in [0, 0.1) is 0 Å². The maximum Gasteiger partial charge on any atom is 0.274 e. The van der Waals surface area contributed by atoms with Gasteiger partial charge in [-0.2, -0.15) is 0 Å². The van der Waals surface area contributed by atoms with Crippen molar-refractivity contribution in [3.8, 4) is 16.9 Å². The molecular formula is C18H19N3O3. The van der Waals surface area contributed by atoms with E-state index in [4.69, 9.17) is 4.74 Å².